The first-order chi connectivity index (χ1) is 31.9. The minimum Gasteiger partial charge on any atom is -0.756 e. The Morgan fingerprint density at radius 2 is 1.02 bits per heavy atom. The van der Waals surface area contributed by atoms with Gasteiger partial charge in [-0.05, 0) is 89.5 Å². The van der Waals surface area contributed by atoms with Gasteiger partial charge in [-0.25, -0.2) is 0 Å². The van der Waals surface area contributed by atoms with E-state index in [0.29, 0.717) is 23.9 Å². The van der Waals surface area contributed by atoms with Gasteiger partial charge in [0.1, 0.15) is 19.3 Å². The van der Waals surface area contributed by atoms with E-state index in [0.717, 1.165) is 116 Å². The third-order valence-corrected chi connectivity index (χ3v) is 12.4. The molecule has 0 bridgehead atoms. The molecule has 0 aromatic rings. The highest BCUT2D eigenvalue weighted by Crippen LogP contribution is 2.38. The van der Waals surface area contributed by atoms with E-state index in [1.54, 1.807) is 0 Å². The van der Waals surface area contributed by atoms with Crippen LogP contribution in [0.3, 0.4) is 0 Å². The van der Waals surface area contributed by atoms with Gasteiger partial charge in [0.2, 0.25) is 5.91 Å². The van der Waals surface area contributed by atoms with Crippen LogP contribution in [0.4, 0.5) is 0 Å². The van der Waals surface area contributed by atoms with Gasteiger partial charge in [-0.2, -0.15) is 0 Å². The predicted octanol–water partition coefficient (Wildman–Crippen LogP) is 15.1. The van der Waals surface area contributed by atoms with Crippen molar-refractivity contribution in [1.29, 1.82) is 0 Å². The highest BCUT2D eigenvalue weighted by Gasteiger charge is 2.27. The molecule has 1 amide bonds. The summed E-state index contributed by atoms with van der Waals surface area (Å²) in [5.41, 5.74) is 0. The summed E-state index contributed by atoms with van der Waals surface area (Å²) in [6.07, 6.45) is 57.2. The first-order valence-corrected chi connectivity index (χ1v) is 28.2. The van der Waals surface area contributed by atoms with Crippen molar-refractivity contribution in [3.63, 3.8) is 0 Å². The number of unbranched alkanes of at least 4 members (excludes halogenated alkanes) is 22. The van der Waals surface area contributed by atoms with Crippen LogP contribution in [-0.2, 0) is 27.9 Å². The lowest BCUT2D eigenvalue weighted by Gasteiger charge is -2.30. The molecule has 3 unspecified atom stereocenters. The lowest BCUT2D eigenvalue weighted by Crippen LogP contribution is -2.47. The molecular formula is C56H101N2O7P. The second-order valence-corrected chi connectivity index (χ2v) is 20.4. The molecule has 9 nitrogen and oxygen atoms in total. The number of rotatable bonds is 47. The smallest absolute Gasteiger partial charge is 0.306 e. The number of ether oxygens (including phenoxy) is 1. The van der Waals surface area contributed by atoms with E-state index in [-0.39, 0.29) is 24.9 Å². The molecule has 3 atom stereocenters. The molecule has 0 radical (unpaired) electrons. The second kappa shape index (κ2) is 46.2. The molecule has 0 spiro atoms. The number of phosphoric ester groups is 1. The molecular weight excluding hydrogens is 844 g/mol. The zero-order chi connectivity index (χ0) is 48.7. The Labute approximate surface area is 406 Å². The second-order valence-electron chi connectivity index (χ2n) is 19.0. The van der Waals surface area contributed by atoms with Crippen molar-refractivity contribution in [3.05, 3.63) is 72.9 Å². The van der Waals surface area contributed by atoms with Gasteiger partial charge >= 0.3 is 5.97 Å². The summed E-state index contributed by atoms with van der Waals surface area (Å²) >= 11 is 0. The zero-order valence-electron chi connectivity index (χ0n) is 43.4. The Balaban J connectivity index is 5.45. The number of carbonyl (C=O) groups excluding carboxylic acids is 2. The highest BCUT2D eigenvalue weighted by molar-refractivity contribution is 7.45. The third kappa shape index (κ3) is 46.6. The average molecular weight is 945 g/mol. The van der Waals surface area contributed by atoms with E-state index in [2.05, 4.69) is 86.8 Å². The van der Waals surface area contributed by atoms with Gasteiger partial charge in [0.15, 0.2) is 0 Å². The lowest BCUT2D eigenvalue weighted by atomic mass is 10.1. The number of hydrogen-bond acceptors (Lipinski definition) is 7. The van der Waals surface area contributed by atoms with E-state index < -0.39 is 26.6 Å². The topological polar surface area (TPSA) is 114 Å². The van der Waals surface area contributed by atoms with Crippen LogP contribution in [0.5, 0.6) is 0 Å². The Morgan fingerprint density at radius 1 is 0.561 bits per heavy atom. The summed E-state index contributed by atoms with van der Waals surface area (Å²) in [6, 6.07) is -0.904. The van der Waals surface area contributed by atoms with Crippen molar-refractivity contribution >= 4 is 19.7 Å². The van der Waals surface area contributed by atoms with Gasteiger partial charge in [0.05, 0.1) is 33.8 Å². The van der Waals surface area contributed by atoms with Gasteiger partial charge in [0.25, 0.3) is 7.82 Å². The van der Waals surface area contributed by atoms with E-state index in [1.165, 1.54) is 64.2 Å². The summed E-state index contributed by atoms with van der Waals surface area (Å²) in [5, 5.41) is 3.00. The maximum absolute atomic E-state index is 13.4. The van der Waals surface area contributed by atoms with Crippen LogP contribution in [0.15, 0.2) is 72.9 Å². The third-order valence-electron chi connectivity index (χ3n) is 11.4. The standard InChI is InChI=1S/C56H101N2O7P/c1-7-10-13-16-19-22-25-27-29-30-33-36-39-42-45-48-55(59)57-53(52-64-66(61,62)63-51-50-58(4,5)6)54(47-44-41-38-35-32-24-21-18-15-12-9-3)65-56(60)49-46-43-40-37-34-31-28-26-23-20-17-14-11-8-2/h11,14,19-20,22-23,25,27-28,31,44,47,53-54H,7-10,12-13,15-18,21,24,26,29-30,32-43,45-46,48-52H2,1-6H3,(H-,57,59,61,62)/b14-11+,22-19+,23-20+,27-25+,31-28+,47-44+. The normalized spacial score (nSPS) is 14.5. The summed E-state index contributed by atoms with van der Waals surface area (Å²) < 4.78 is 30.1. The first-order valence-electron chi connectivity index (χ1n) is 26.8. The van der Waals surface area contributed by atoms with Gasteiger partial charge < -0.3 is 28.5 Å². The molecule has 382 valence electrons. The maximum atomic E-state index is 13.4. The fraction of sp³-hybridized carbons (Fsp3) is 0.750. The molecule has 0 aromatic carbocycles. The van der Waals surface area contributed by atoms with Crippen LogP contribution < -0.4 is 10.2 Å². The van der Waals surface area contributed by atoms with Crippen LogP contribution in [-0.4, -0.2) is 69.4 Å². The number of quaternary nitrogens is 1. The number of nitrogens with one attached hydrogen (secondary N) is 1. The fourth-order valence-electron chi connectivity index (χ4n) is 7.23. The van der Waals surface area contributed by atoms with Crippen molar-refractivity contribution < 1.29 is 37.3 Å². The van der Waals surface area contributed by atoms with Gasteiger partial charge in [-0.1, -0.05) is 190 Å². The number of esters is 1. The molecule has 0 aliphatic heterocycles. The number of carbonyl (C=O) groups is 2. The number of phosphoric acid groups is 1. The van der Waals surface area contributed by atoms with Gasteiger partial charge in [-0.15, -0.1) is 0 Å². The Kier molecular flexibility index (Phi) is 44.4. The monoisotopic (exact) mass is 945 g/mol. The number of hydrogen-bond donors (Lipinski definition) is 1. The van der Waals surface area contributed by atoms with E-state index in [1.807, 2.05) is 33.3 Å². The minimum atomic E-state index is -4.70. The first kappa shape index (κ1) is 63.5. The molecule has 0 heterocycles. The molecule has 0 saturated heterocycles. The van der Waals surface area contributed by atoms with Crippen molar-refractivity contribution in [3.8, 4) is 0 Å². The molecule has 66 heavy (non-hydrogen) atoms. The predicted molar refractivity (Wildman–Crippen MR) is 279 cm³/mol. The van der Waals surface area contributed by atoms with Crippen LogP contribution in [0, 0.1) is 0 Å². The minimum absolute atomic E-state index is 0.0313. The number of allylic oxidation sites excluding steroid dienone is 11. The number of amides is 1. The molecule has 0 fully saturated rings. The molecule has 0 aliphatic carbocycles. The zero-order valence-corrected chi connectivity index (χ0v) is 44.3. The van der Waals surface area contributed by atoms with Crippen molar-refractivity contribution in [2.75, 3.05) is 40.9 Å². The van der Waals surface area contributed by atoms with Crippen molar-refractivity contribution in [2.45, 2.75) is 232 Å². The molecule has 1 N–H and O–H groups in total. The van der Waals surface area contributed by atoms with Crippen LogP contribution >= 0.6 is 7.82 Å². The number of nitrogens with zero attached hydrogens (tertiary/aromatic N) is 1. The highest BCUT2D eigenvalue weighted by atomic mass is 31.2. The Bertz CT molecular complexity index is 1370. The summed E-state index contributed by atoms with van der Waals surface area (Å²) in [7, 11) is 1.15. The average Bonchev–Trinajstić information content (AvgIpc) is 3.27. The van der Waals surface area contributed by atoms with Crippen LogP contribution in [0.25, 0.3) is 0 Å². The van der Waals surface area contributed by atoms with Crippen molar-refractivity contribution in [1.82, 2.24) is 5.32 Å². The molecule has 0 saturated carbocycles. The van der Waals surface area contributed by atoms with Crippen molar-refractivity contribution in [2.24, 2.45) is 0 Å². The van der Waals surface area contributed by atoms with Gasteiger partial charge in [0, 0.05) is 12.8 Å². The maximum Gasteiger partial charge on any atom is 0.306 e. The lowest BCUT2D eigenvalue weighted by molar-refractivity contribution is -0.870. The summed E-state index contributed by atoms with van der Waals surface area (Å²) in [4.78, 5) is 39.7. The van der Waals surface area contributed by atoms with Gasteiger partial charge in [-0.3, -0.25) is 14.2 Å². The fourth-order valence-corrected chi connectivity index (χ4v) is 7.95. The quantitative estimate of drug-likeness (QED) is 0.0161. The van der Waals surface area contributed by atoms with E-state index in [9.17, 15) is 19.0 Å². The van der Waals surface area contributed by atoms with E-state index >= 15 is 0 Å². The van der Waals surface area contributed by atoms with Crippen LogP contribution in [0.1, 0.15) is 220 Å². The van der Waals surface area contributed by atoms with Crippen LogP contribution in [0.2, 0.25) is 0 Å². The largest absolute Gasteiger partial charge is 0.756 e. The Morgan fingerprint density at radius 3 is 1.58 bits per heavy atom. The molecule has 0 aromatic heterocycles. The van der Waals surface area contributed by atoms with E-state index in [4.69, 9.17) is 13.8 Å². The summed E-state index contributed by atoms with van der Waals surface area (Å²) in [5.74, 6) is -0.586. The molecule has 0 aliphatic rings. The SMILES string of the molecule is CC/C=C/C/C=C/C/C=C/CCCCCCC(=O)OC(/C=C/CCCCCCCCCCC)C(COP(=O)([O-])OCC[N+](C)(C)C)NC(=O)CCCCCCCC/C=C/C=C/CCCCC. The molecule has 0 rings (SSSR count). The number of likely N-dealkylation sites (N-methyl/N-ethyl adjacent to an activating group) is 1. The summed E-state index contributed by atoms with van der Waals surface area (Å²) in [6.45, 7) is 6.64. The Hall–Kier alpha value is -2.55. The molecule has 10 heteroatoms.